The minimum atomic E-state index is -4.58. The molecular weight excluding hydrogens is 403 g/mol. The van der Waals surface area contributed by atoms with Crippen LogP contribution in [0.1, 0.15) is 26.3 Å². The average Bonchev–Trinajstić information content (AvgIpc) is 3.09. The predicted octanol–water partition coefficient (Wildman–Crippen LogP) is 3.87. The SMILES string of the molecule is COC(=O)c1cn(CC(=O)OCC(=O)c2cccc(C(F)(F)F)c2)c2ccccc12. The number of ketones is 1. The number of fused-ring (bicyclic) bond motifs is 1. The van der Waals surface area contributed by atoms with Crippen LogP contribution >= 0.6 is 0 Å². The summed E-state index contributed by atoms with van der Waals surface area (Å²) in [6.45, 7) is -1.00. The normalized spacial score (nSPS) is 11.3. The van der Waals surface area contributed by atoms with Crippen molar-refractivity contribution in [3.8, 4) is 0 Å². The molecule has 0 atom stereocenters. The fourth-order valence-corrected chi connectivity index (χ4v) is 2.93. The van der Waals surface area contributed by atoms with E-state index in [1.54, 1.807) is 24.3 Å². The van der Waals surface area contributed by atoms with Crippen LogP contribution in [0.4, 0.5) is 13.2 Å². The third-order valence-electron chi connectivity index (χ3n) is 4.37. The van der Waals surface area contributed by atoms with E-state index in [-0.39, 0.29) is 17.7 Å². The molecule has 9 heteroatoms. The van der Waals surface area contributed by atoms with Crippen LogP contribution in [0, 0.1) is 0 Å². The van der Waals surface area contributed by atoms with Crippen LogP contribution in [0.25, 0.3) is 10.9 Å². The molecule has 0 radical (unpaired) electrons. The number of Topliss-reactive ketones (excluding diaryl/α,β-unsaturated/α-hetero) is 1. The highest BCUT2D eigenvalue weighted by atomic mass is 19.4. The molecule has 156 valence electrons. The van der Waals surface area contributed by atoms with E-state index in [0.717, 1.165) is 12.1 Å². The lowest BCUT2D eigenvalue weighted by Gasteiger charge is -2.09. The molecule has 3 aromatic rings. The number of rotatable bonds is 6. The van der Waals surface area contributed by atoms with E-state index < -0.39 is 36.1 Å². The Morgan fingerprint density at radius 3 is 2.47 bits per heavy atom. The first-order valence-corrected chi connectivity index (χ1v) is 8.73. The van der Waals surface area contributed by atoms with Gasteiger partial charge >= 0.3 is 18.1 Å². The highest BCUT2D eigenvalue weighted by Gasteiger charge is 2.31. The minimum absolute atomic E-state index is 0.211. The number of ether oxygens (including phenoxy) is 2. The highest BCUT2D eigenvalue weighted by Crippen LogP contribution is 2.29. The number of methoxy groups -OCH3 is 1. The van der Waals surface area contributed by atoms with Crippen molar-refractivity contribution in [2.75, 3.05) is 13.7 Å². The number of carbonyl (C=O) groups excluding carboxylic acids is 3. The summed E-state index contributed by atoms with van der Waals surface area (Å²) in [6.07, 6.45) is -3.15. The number of carbonyl (C=O) groups is 3. The van der Waals surface area contributed by atoms with Gasteiger partial charge in [-0.05, 0) is 18.2 Å². The maximum Gasteiger partial charge on any atom is 0.416 e. The minimum Gasteiger partial charge on any atom is -0.465 e. The highest BCUT2D eigenvalue weighted by molar-refractivity contribution is 6.04. The second-order valence-corrected chi connectivity index (χ2v) is 6.34. The topological polar surface area (TPSA) is 74.6 Å². The van der Waals surface area contributed by atoms with Gasteiger partial charge in [0.25, 0.3) is 0 Å². The quantitative estimate of drug-likeness (QED) is 0.448. The smallest absolute Gasteiger partial charge is 0.416 e. The molecule has 3 rings (SSSR count). The fraction of sp³-hybridized carbons (Fsp3) is 0.190. The molecule has 0 saturated carbocycles. The third-order valence-corrected chi connectivity index (χ3v) is 4.37. The molecule has 0 N–H and O–H groups in total. The summed E-state index contributed by atoms with van der Waals surface area (Å²) in [5.74, 6) is -2.12. The van der Waals surface area contributed by atoms with Gasteiger partial charge in [0.2, 0.25) is 0 Å². The number of hydrogen-bond donors (Lipinski definition) is 0. The van der Waals surface area contributed by atoms with Crippen LogP contribution in [-0.2, 0) is 27.0 Å². The van der Waals surface area contributed by atoms with Gasteiger partial charge in [0.05, 0.1) is 18.2 Å². The van der Waals surface area contributed by atoms with Crippen molar-refractivity contribution in [3.05, 3.63) is 71.4 Å². The zero-order valence-electron chi connectivity index (χ0n) is 15.7. The van der Waals surface area contributed by atoms with Crippen molar-refractivity contribution >= 4 is 28.6 Å². The molecular formula is C21H16F3NO5. The van der Waals surface area contributed by atoms with Crippen LogP contribution in [0.3, 0.4) is 0 Å². The Morgan fingerprint density at radius 1 is 1.03 bits per heavy atom. The number of nitrogens with zero attached hydrogens (tertiary/aromatic N) is 1. The van der Waals surface area contributed by atoms with Crippen LogP contribution in [0.2, 0.25) is 0 Å². The Hall–Kier alpha value is -3.62. The largest absolute Gasteiger partial charge is 0.465 e. The molecule has 0 aliphatic rings. The number of aromatic nitrogens is 1. The summed E-state index contributed by atoms with van der Waals surface area (Å²) in [7, 11) is 1.24. The van der Waals surface area contributed by atoms with Gasteiger partial charge in [-0.15, -0.1) is 0 Å². The first-order chi connectivity index (χ1) is 14.2. The van der Waals surface area contributed by atoms with Crippen LogP contribution in [0.5, 0.6) is 0 Å². The molecule has 0 aliphatic carbocycles. The summed E-state index contributed by atoms with van der Waals surface area (Å²) in [5.41, 5.74) is -0.328. The van der Waals surface area contributed by atoms with Gasteiger partial charge in [-0.1, -0.05) is 30.3 Å². The predicted molar refractivity (Wildman–Crippen MR) is 100 cm³/mol. The number of benzene rings is 2. The van der Waals surface area contributed by atoms with Crippen molar-refractivity contribution in [2.24, 2.45) is 0 Å². The van der Waals surface area contributed by atoms with Gasteiger partial charge < -0.3 is 14.0 Å². The molecule has 2 aromatic carbocycles. The van der Waals surface area contributed by atoms with E-state index in [4.69, 9.17) is 9.47 Å². The Balaban J connectivity index is 1.70. The number of esters is 2. The van der Waals surface area contributed by atoms with Gasteiger partial charge in [0, 0.05) is 22.7 Å². The van der Waals surface area contributed by atoms with Gasteiger partial charge in [0.15, 0.2) is 12.4 Å². The van der Waals surface area contributed by atoms with Crippen LogP contribution in [-0.4, -0.2) is 36.0 Å². The number of hydrogen-bond acceptors (Lipinski definition) is 5. The van der Waals surface area contributed by atoms with E-state index in [0.29, 0.717) is 17.0 Å². The number of alkyl halides is 3. The fourth-order valence-electron chi connectivity index (χ4n) is 2.93. The monoisotopic (exact) mass is 419 g/mol. The lowest BCUT2D eigenvalue weighted by Crippen LogP contribution is -2.18. The zero-order chi connectivity index (χ0) is 21.9. The van der Waals surface area contributed by atoms with E-state index in [9.17, 15) is 27.6 Å². The van der Waals surface area contributed by atoms with Crippen LogP contribution < -0.4 is 0 Å². The van der Waals surface area contributed by atoms with Crippen molar-refractivity contribution in [1.29, 1.82) is 0 Å². The van der Waals surface area contributed by atoms with Crippen molar-refractivity contribution < 1.29 is 37.0 Å². The summed E-state index contributed by atoms with van der Waals surface area (Å²) in [4.78, 5) is 36.2. The number of halogens is 3. The molecule has 30 heavy (non-hydrogen) atoms. The lowest BCUT2D eigenvalue weighted by molar-refractivity contribution is -0.143. The Morgan fingerprint density at radius 2 is 1.77 bits per heavy atom. The molecule has 1 aromatic heterocycles. The van der Waals surface area contributed by atoms with E-state index in [1.807, 2.05) is 0 Å². The molecule has 0 aliphatic heterocycles. The molecule has 0 spiro atoms. The Kier molecular flexibility index (Phi) is 5.91. The first kappa shape index (κ1) is 21.1. The molecule has 6 nitrogen and oxygen atoms in total. The van der Waals surface area contributed by atoms with Gasteiger partial charge in [0.1, 0.15) is 6.54 Å². The second kappa shape index (κ2) is 8.40. The average molecular weight is 419 g/mol. The Labute approximate surface area is 168 Å². The van der Waals surface area contributed by atoms with E-state index in [2.05, 4.69) is 0 Å². The maximum absolute atomic E-state index is 12.8. The van der Waals surface area contributed by atoms with Crippen molar-refractivity contribution in [3.63, 3.8) is 0 Å². The summed E-state index contributed by atoms with van der Waals surface area (Å²) in [6, 6.07) is 10.7. The number of para-hydroxylation sites is 1. The standard InChI is InChI=1S/C21H16F3NO5/c1-29-20(28)16-10-25(17-8-3-2-7-15(16)17)11-19(27)30-12-18(26)13-5-4-6-14(9-13)21(22,23)24/h2-10H,11-12H2,1H3. The van der Waals surface area contributed by atoms with Crippen molar-refractivity contribution in [1.82, 2.24) is 4.57 Å². The molecule has 0 amide bonds. The van der Waals surface area contributed by atoms with Gasteiger partial charge in [-0.2, -0.15) is 13.2 Å². The lowest BCUT2D eigenvalue weighted by atomic mass is 10.1. The van der Waals surface area contributed by atoms with E-state index in [1.165, 1.54) is 23.9 Å². The van der Waals surface area contributed by atoms with E-state index >= 15 is 0 Å². The zero-order valence-corrected chi connectivity index (χ0v) is 15.7. The second-order valence-electron chi connectivity index (χ2n) is 6.34. The molecule has 0 unspecified atom stereocenters. The summed E-state index contributed by atoms with van der Waals surface area (Å²) >= 11 is 0. The van der Waals surface area contributed by atoms with Gasteiger partial charge in [-0.3, -0.25) is 9.59 Å². The molecule has 0 fully saturated rings. The Bertz CT molecular complexity index is 1120. The molecule has 0 bridgehead atoms. The van der Waals surface area contributed by atoms with Crippen molar-refractivity contribution in [2.45, 2.75) is 12.7 Å². The van der Waals surface area contributed by atoms with Crippen LogP contribution in [0.15, 0.2) is 54.7 Å². The summed E-state index contributed by atoms with van der Waals surface area (Å²) in [5, 5.41) is 0.581. The summed E-state index contributed by atoms with van der Waals surface area (Å²) < 4.78 is 49.4. The first-order valence-electron chi connectivity index (χ1n) is 8.73. The third kappa shape index (κ3) is 4.51. The molecule has 1 heterocycles. The maximum atomic E-state index is 12.8. The van der Waals surface area contributed by atoms with Gasteiger partial charge in [-0.25, -0.2) is 4.79 Å². The molecule has 0 saturated heterocycles.